The Morgan fingerprint density at radius 1 is 1.38 bits per heavy atom. The highest BCUT2D eigenvalue weighted by Crippen LogP contribution is 2.37. The summed E-state index contributed by atoms with van der Waals surface area (Å²) < 4.78 is 27.8. The van der Waals surface area contributed by atoms with Crippen molar-refractivity contribution in [3.8, 4) is 0 Å². The largest absolute Gasteiger partial charge is 0.265 e. The molecule has 5 nitrogen and oxygen atoms in total. The van der Waals surface area contributed by atoms with Crippen molar-refractivity contribution >= 4 is 33.0 Å². The summed E-state index contributed by atoms with van der Waals surface area (Å²) in [6, 6.07) is 3.73. The van der Waals surface area contributed by atoms with E-state index >= 15 is 0 Å². The molecule has 0 N–H and O–H groups in total. The second-order valence-electron chi connectivity index (χ2n) is 4.98. The van der Waals surface area contributed by atoms with Crippen molar-refractivity contribution in [2.24, 2.45) is 0 Å². The van der Waals surface area contributed by atoms with Gasteiger partial charge in [0.1, 0.15) is 0 Å². The molecule has 1 aliphatic carbocycles. The minimum absolute atomic E-state index is 0.0726. The van der Waals surface area contributed by atoms with Gasteiger partial charge in [-0.1, -0.05) is 22.9 Å². The highest BCUT2D eigenvalue weighted by molar-refractivity contribution is 7.91. The predicted molar refractivity (Wildman–Crippen MR) is 81.8 cm³/mol. The van der Waals surface area contributed by atoms with Crippen LogP contribution in [0.4, 0.5) is 0 Å². The van der Waals surface area contributed by atoms with E-state index in [4.69, 9.17) is 11.6 Å². The van der Waals surface area contributed by atoms with E-state index in [1.165, 1.54) is 0 Å². The number of nitrogens with zero attached hydrogens (tertiary/aromatic N) is 3. The number of aryl methyl sites for hydroxylation is 1. The molecular weight excluding hydrogens is 330 g/mol. The fourth-order valence-electron chi connectivity index (χ4n) is 2.14. The molecule has 0 unspecified atom stereocenters. The summed E-state index contributed by atoms with van der Waals surface area (Å²) >= 11 is 6.87. The van der Waals surface area contributed by atoms with E-state index < -0.39 is 10.0 Å². The van der Waals surface area contributed by atoms with Crippen LogP contribution in [0.2, 0.25) is 4.47 Å². The molecule has 0 radical (unpaired) electrons. The van der Waals surface area contributed by atoms with Crippen LogP contribution < -0.4 is 0 Å². The highest BCUT2D eigenvalue weighted by atomic mass is 35.5. The molecule has 0 aromatic carbocycles. The van der Waals surface area contributed by atoms with Gasteiger partial charge in [-0.15, -0.1) is 0 Å². The molecule has 0 aliphatic heterocycles. The molecule has 2 heterocycles. The molecule has 21 heavy (non-hydrogen) atoms. The molecule has 1 fully saturated rings. The standard InChI is InChI=1S/C13H14ClN3O2S2/c1-9-12(20-13(14)16-9)21(18,19)17(11-2-3-11)8-10-4-6-15-7-5-10/h4-7,11H,2-3,8H2,1H3. The van der Waals surface area contributed by atoms with E-state index in [9.17, 15) is 8.42 Å². The van der Waals surface area contributed by atoms with Crippen LogP contribution in [0.15, 0.2) is 28.7 Å². The molecule has 3 rings (SSSR count). The average Bonchev–Trinajstić information content (AvgIpc) is 3.21. The zero-order chi connectivity index (χ0) is 15.0. The summed E-state index contributed by atoms with van der Waals surface area (Å²) in [6.45, 7) is 2.03. The van der Waals surface area contributed by atoms with E-state index in [1.807, 2.05) is 12.1 Å². The van der Waals surface area contributed by atoms with Gasteiger partial charge < -0.3 is 0 Å². The number of pyridine rings is 1. The van der Waals surface area contributed by atoms with Gasteiger partial charge in [0.25, 0.3) is 10.0 Å². The number of sulfonamides is 1. The normalized spacial score (nSPS) is 15.6. The van der Waals surface area contributed by atoms with Gasteiger partial charge in [-0.3, -0.25) is 4.98 Å². The number of hydrogen-bond donors (Lipinski definition) is 0. The Morgan fingerprint density at radius 3 is 2.57 bits per heavy atom. The van der Waals surface area contributed by atoms with Crippen LogP contribution in [0.5, 0.6) is 0 Å². The molecule has 1 aliphatic rings. The summed E-state index contributed by atoms with van der Waals surface area (Å²) in [6.07, 6.45) is 5.13. The van der Waals surface area contributed by atoms with Crippen molar-refractivity contribution in [3.05, 3.63) is 40.3 Å². The van der Waals surface area contributed by atoms with Crippen molar-refractivity contribution in [3.63, 3.8) is 0 Å². The van der Waals surface area contributed by atoms with Crippen molar-refractivity contribution in [2.45, 2.75) is 36.6 Å². The minimum atomic E-state index is -3.56. The molecule has 0 atom stereocenters. The zero-order valence-corrected chi connectivity index (χ0v) is 13.7. The summed E-state index contributed by atoms with van der Waals surface area (Å²) in [5, 5.41) is 0. The molecule has 2 aromatic heterocycles. The van der Waals surface area contributed by atoms with E-state index in [-0.39, 0.29) is 14.7 Å². The molecule has 0 bridgehead atoms. The maximum atomic E-state index is 12.9. The quantitative estimate of drug-likeness (QED) is 0.837. The predicted octanol–water partition coefficient (Wildman–Crippen LogP) is 2.85. The maximum absolute atomic E-state index is 12.9. The lowest BCUT2D eigenvalue weighted by Crippen LogP contribution is -2.32. The van der Waals surface area contributed by atoms with Gasteiger partial charge >= 0.3 is 0 Å². The van der Waals surface area contributed by atoms with Crippen molar-refractivity contribution < 1.29 is 8.42 Å². The number of hydrogen-bond acceptors (Lipinski definition) is 5. The lowest BCUT2D eigenvalue weighted by Gasteiger charge is -2.21. The van der Waals surface area contributed by atoms with Crippen LogP contribution >= 0.6 is 22.9 Å². The third-order valence-corrected chi connectivity index (χ3v) is 7.06. The second-order valence-corrected chi connectivity index (χ2v) is 8.64. The number of rotatable bonds is 5. The Labute approximate surface area is 132 Å². The van der Waals surface area contributed by atoms with Crippen LogP contribution in [0.3, 0.4) is 0 Å². The first kappa shape index (κ1) is 14.9. The first-order chi connectivity index (χ1) is 9.98. The summed E-state index contributed by atoms with van der Waals surface area (Å²) in [5.41, 5.74) is 1.39. The van der Waals surface area contributed by atoms with E-state index in [0.717, 1.165) is 29.7 Å². The fraction of sp³-hybridized carbons (Fsp3) is 0.385. The van der Waals surface area contributed by atoms with Crippen LogP contribution in [0.25, 0.3) is 0 Å². The van der Waals surface area contributed by atoms with Crippen molar-refractivity contribution in [1.82, 2.24) is 14.3 Å². The monoisotopic (exact) mass is 343 g/mol. The van der Waals surface area contributed by atoms with Gasteiger partial charge in [0.2, 0.25) is 0 Å². The van der Waals surface area contributed by atoms with Gasteiger partial charge in [0.15, 0.2) is 8.68 Å². The first-order valence-corrected chi connectivity index (χ1v) is 9.15. The summed E-state index contributed by atoms with van der Waals surface area (Å²) in [5.74, 6) is 0. The Hall–Kier alpha value is -1.02. The number of halogens is 1. The smallest absolute Gasteiger partial charge is 0.255 e. The number of thiazole rings is 1. The molecule has 112 valence electrons. The fourth-order valence-corrected chi connectivity index (χ4v) is 5.66. The van der Waals surface area contributed by atoms with Gasteiger partial charge in [0, 0.05) is 25.0 Å². The SMILES string of the molecule is Cc1nc(Cl)sc1S(=O)(=O)N(Cc1ccncc1)C1CC1. The zero-order valence-electron chi connectivity index (χ0n) is 11.4. The first-order valence-electron chi connectivity index (χ1n) is 6.52. The third-order valence-electron chi connectivity index (χ3n) is 3.31. The Morgan fingerprint density at radius 2 is 2.05 bits per heavy atom. The highest BCUT2D eigenvalue weighted by Gasteiger charge is 2.39. The van der Waals surface area contributed by atoms with Gasteiger partial charge in [-0.05, 0) is 37.5 Å². The van der Waals surface area contributed by atoms with Gasteiger partial charge in [-0.25, -0.2) is 13.4 Å². The second kappa shape index (κ2) is 5.64. The summed E-state index contributed by atoms with van der Waals surface area (Å²) in [4.78, 5) is 7.97. The Balaban J connectivity index is 1.95. The molecule has 8 heteroatoms. The van der Waals surface area contributed by atoms with Crippen molar-refractivity contribution in [1.29, 1.82) is 0 Å². The lowest BCUT2D eigenvalue weighted by molar-refractivity contribution is 0.399. The topological polar surface area (TPSA) is 63.2 Å². The van der Waals surface area contributed by atoms with E-state index in [1.54, 1.807) is 23.6 Å². The van der Waals surface area contributed by atoms with Crippen LogP contribution in [0.1, 0.15) is 24.1 Å². The molecule has 0 spiro atoms. The molecule has 2 aromatic rings. The van der Waals surface area contributed by atoms with Crippen LogP contribution in [0, 0.1) is 6.92 Å². The third kappa shape index (κ3) is 3.11. The maximum Gasteiger partial charge on any atom is 0.255 e. The lowest BCUT2D eigenvalue weighted by atomic mass is 10.3. The molecule has 0 amide bonds. The summed E-state index contributed by atoms with van der Waals surface area (Å²) in [7, 11) is -3.56. The number of aromatic nitrogens is 2. The van der Waals surface area contributed by atoms with E-state index in [2.05, 4.69) is 9.97 Å². The van der Waals surface area contributed by atoms with Crippen LogP contribution in [-0.4, -0.2) is 28.7 Å². The Kier molecular flexibility index (Phi) is 4.00. The molecule has 1 saturated carbocycles. The molecule has 0 saturated heterocycles. The molecular formula is C13H14ClN3O2S2. The van der Waals surface area contributed by atoms with Gasteiger partial charge in [0.05, 0.1) is 5.69 Å². The van der Waals surface area contributed by atoms with Crippen LogP contribution in [-0.2, 0) is 16.6 Å². The van der Waals surface area contributed by atoms with E-state index in [0.29, 0.717) is 12.2 Å². The average molecular weight is 344 g/mol. The Bertz CT molecular complexity index is 742. The van der Waals surface area contributed by atoms with Gasteiger partial charge in [-0.2, -0.15) is 4.31 Å². The minimum Gasteiger partial charge on any atom is -0.265 e. The van der Waals surface area contributed by atoms with Crippen molar-refractivity contribution in [2.75, 3.05) is 0 Å².